The number of nitrogens with one attached hydrogen (secondary N) is 2. The van der Waals surface area contributed by atoms with Gasteiger partial charge < -0.3 is 15.7 Å². The van der Waals surface area contributed by atoms with Crippen LogP contribution in [0.1, 0.15) is 29.2 Å². The van der Waals surface area contributed by atoms with Crippen LogP contribution >= 0.6 is 0 Å². The molecule has 0 bridgehead atoms. The van der Waals surface area contributed by atoms with Crippen LogP contribution in [0.2, 0.25) is 0 Å². The molecule has 0 saturated heterocycles. The lowest BCUT2D eigenvalue weighted by molar-refractivity contribution is -0.260. The van der Waals surface area contributed by atoms with Crippen LogP contribution in [0.3, 0.4) is 0 Å². The number of carbonyl (C=O) groups excluding carboxylic acids is 1. The Labute approximate surface area is 168 Å². The van der Waals surface area contributed by atoms with Gasteiger partial charge in [0, 0.05) is 19.2 Å². The zero-order valence-corrected chi connectivity index (χ0v) is 16.1. The highest BCUT2D eigenvalue weighted by molar-refractivity contribution is 5.72. The van der Waals surface area contributed by atoms with Gasteiger partial charge in [-0.1, -0.05) is 18.2 Å². The van der Waals surface area contributed by atoms with E-state index in [1.165, 1.54) is 19.1 Å². The average Bonchev–Trinajstić information content (AvgIpc) is 2.63. The molecule has 0 aliphatic rings. The van der Waals surface area contributed by atoms with Crippen LogP contribution in [0, 0.1) is 6.92 Å². The smallest absolute Gasteiger partial charge is 0.381 e. The van der Waals surface area contributed by atoms with Gasteiger partial charge in [0.05, 0.1) is 12.1 Å². The molecular formula is C20H20F6N2O2. The topological polar surface area (TPSA) is 61.4 Å². The van der Waals surface area contributed by atoms with E-state index in [1.807, 2.05) is 0 Å². The minimum Gasteiger partial charge on any atom is -0.381 e. The highest BCUT2D eigenvalue weighted by Crippen LogP contribution is 2.41. The molecule has 30 heavy (non-hydrogen) atoms. The van der Waals surface area contributed by atoms with Gasteiger partial charge in [-0.25, -0.2) is 0 Å². The van der Waals surface area contributed by atoms with Gasteiger partial charge in [0.2, 0.25) is 11.5 Å². The fourth-order valence-electron chi connectivity index (χ4n) is 2.77. The third-order valence-corrected chi connectivity index (χ3v) is 4.56. The number of hydrogen-bond donors (Lipinski definition) is 3. The van der Waals surface area contributed by atoms with Gasteiger partial charge in [-0.15, -0.1) is 0 Å². The predicted molar refractivity (Wildman–Crippen MR) is 98.6 cm³/mol. The summed E-state index contributed by atoms with van der Waals surface area (Å²) in [5, 5.41) is 15.4. The molecule has 0 radical (unpaired) electrons. The van der Waals surface area contributed by atoms with E-state index in [4.69, 9.17) is 0 Å². The van der Waals surface area contributed by atoms with Crippen LogP contribution in [0.15, 0.2) is 42.5 Å². The molecule has 0 heterocycles. The second-order valence-corrected chi connectivity index (χ2v) is 6.84. The SMILES string of the molecule is CC(=O)NCc1ccc(NC[C@@](O)(c2cccc(C(F)(F)F)c2)C(F)(F)F)cc1C. The molecule has 164 valence electrons. The Morgan fingerprint density at radius 3 is 2.17 bits per heavy atom. The normalized spacial score (nSPS) is 14.2. The summed E-state index contributed by atoms with van der Waals surface area (Å²) in [5.74, 6) is -0.243. The van der Waals surface area contributed by atoms with Gasteiger partial charge in [0.25, 0.3) is 0 Å². The Bertz CT molecular complexity index is 911. The van der Waals surface area contributed by atoms with Crippen molar-refractivity contribution in [3.8, 4) is 0 Å². The molecule has 3 N–H and O–H groups in total. The summed E-state index contributed by atoms with van der Waals surface area (Å²) in [6.07, 6.45) is -10.1. The number of benzene rings is 2. The van der Waals surface area contributed by atoms with Crippen molar-refractivity contribution in [2.45, 2.75) is 38.3 Å². The van der Waals surface area contributed by atoms with Crippen molar-refractivity contribution in [2.75, 3.05) is 11.9 Å². The van der Waals surface area contributed by atoms with Crippen molar-refractivity contribution in [3.63, 3.8) is 0 Å². The molecule has 0 saturated carbocycles. The van der Waals surface area contributed by atoms with E-state index in [2.05, 4.69) is 10.6 Å². The molecule has 0 aromatic heterocycles. The Kier molecular flexibility index (Phi) is 6.70. The van der Waals surface area contributed by atoms with E-state index in [0.29, 0.717) is 11.6 Å². The lowest BCUT2D eigenvalue weighted by Crippen LogP contribution is -2.48. The minimum absolute atomic E-state index is 0.230. The fraction of sp³-hybridized carbons (Fsp3) is 0.350. The van der Waals surface area contributed by atoms with Gasteiger partial charge in [-0.3, -0.25) is 4.79 Å². The summed E-state index contributed by atoms with van der Waals surface area (Å²) in [6.45, 7) is 2.17. The third-order valence-electron chi connectivity index (χ3n) is 4.56. The third kappa shape index (κ3) is 5.44. The van der Waals surface area contributed by atoms with Crippen LogP contribution in [0.4, 0.5) is 32.0 Å². The Balaban J connectivity index is 2.28. The van der Waals surface area contributed by atoms with Gasteiger partial charge >= 0.3 is 12.4 Å². The second-order valence-electron chi connectivity index (χ2n) is 6.84. The minimum atomic E-state index is -5.23. The first kappa shape index (κ1) is 23.5. The first-order valence-electron chi connectivity index (χ1n) is 8.79. The molecule has 10 heteroatoms. The molecule has 1 atom stereocenters. The summed E-state index contributed by atoms with van der Waals surface area (Å²) in [6, 6.07) is 7.08. The lowest BCUT2D eigenvalue weighted by atomic mass is 9.91. The van der Waals surface area contributed by atoms with Crippen molar-refractivity contribution in [1.82, 2.24) is 5.32 Å². The van der Waals surface area contributed by atoms with Crippen molar-refractivity contribution in [3.05, 3.63) is 64.7 Å². The van der Waals surface area contributed by atoms with Crippen LogP contribution in [0.5, 0.6) is 0 Å². The second kappa shape index (κ2) is 8.55. The van der Waals surface area contributed by atoms with E-state index < -0.39 is 35.6 Å². The number of anilines is 1. The molecular weight excluding hydrogens is 414 g/mol. The van der Waals surface area contributed by atoms with Gasteiger partial charge in [-0.05, 0) is 47.9 Å². The predicted octanol–water partition coefficient (Wildman–Crippen LogP) is 4.51. The maximum atomic E-state index is 13.6. The molecule has 0 unspecified atom stereocenters. The largest absolute Gasteiger partial charge is 0.423 e. The number of hydrogen-bond acceptors (Lipinski definition) is 3. The Morgan fingerprint density at radius 1 is 1.00 bits per heavy atom. The summed E-state index contributed by atoms with van der Waals surface area (Å²) >= 11 is 0. The van der Waals surface area contributed by atoms with E-state index in [1.54, 1.807) is 13.0 Å². The van der Waals surface area contributed by atoms with Crippen molar-refractivity contribution in [2.24, 2.45) is 0 Å². The van der Waals surface area contributed by atoms with Crippen LogP contribution < -0.4 is 10.6 Å². The first-order chi connectivity index (χ1) is 13.7. The summed E-state index contributed by atoms with van der Waals surface area (Å²) in [4.78, 5) is 11.0. The van der Waals surface area contributed by atoms with E-state index in [9.17, 15) is 36.2 Å². The van der Waals surface area contributed by atoms with Gasteiger partial charge in [-0.2, -0.15) is 26.3 Å². The van der Waals surface area contributed by atoms with E-state index in [0.717, 1.165) is 17.7 Å². The molecule has 1 amide bonds. The molecule has 2 aromatic carbocycles. The van der Waals surface area contributed by atoms with Gasteiger partial charge in [0.15, 0.2) is 0 Å². The summed E-state index contributed by atoms with van der Waals surface area (Å²) in [5.41, 5.74) is -4.12. The summed E-state index contributed by atoms with van der Waals surface area (Å²) in [7, 11) is 0. The standard InChI is InChI=1S/C20H20F6N2O2/c1-12-8-17(7-6-14(12)10-27-13(2)29)28-11-18(30,20(24,25)26)15-4-3-5-16(9-15)19(21,22)23/h3-9,28,30H,10-11H2,1-2H3,(H,27,29)/t18-/m1/s1. The quantitative estimate of drug-likeness (QED) is 0.587. The molecule has 0 spiro atoms. The lowest BCUT2D eigenvalue weighted by Gasteiger charge is -2.32. The maximum Gasteiger partial charge on any atom is 0.423 e. The first-order valence-corrected chi connectivity index (χ1v) is 8.79. The number of aliphatic hydroxyl groups is 1. The number of rotatable bonds is 6. The molecule has 4 nitrogen and oxygen atoms in total. The molecule has 0 fully saturated rings. The van der Waals surface area contributed by atoms with Gasteiger partial charge in [0.1, 0.15) is 0 Å². The van der Waals surface area contributed by atoms with E-state index in [-0.39, 0.29) is 24.2 Å². The highest BCUT2D eigenvalue weighted by Gasteiger charge is 2.55. The zero-order chi connectivity index (χ0) is 22.7. The molecule has 2 aromatic rings. The average molecular weight is 434 g/mol. The molecule has 0 aliphatic heterocycles. The molecule has 0 aliphatic carbocycles. The van der Waals surface area contributed by atoms with Crippen LogP contribution in [0.25, 0.3) is 0 Å². The maximum absolute atomic E-state index is 13.6. The van der Waals surface area contributed by atoms with Crippen LogP contribution in [-0.2, 0) is 23.1 Å². The monoisotopic (exact) mass is 434 g/mol. The van der Waals surface area contributed by atoms with E-state index >= 15 is 0 Å². The van der Waals surface area contributed by atoms with Crippen molar-refractivity contribution in [1.29, 1.82) is 0 Å². The molecule has 2 rings (SSSR count). The number of alkyl halides is 6. The Hall–Kier alpha value is -2.75. The number of amides is 1. The van der Waals surface area contributed by atoms with Crippen molar-refractivity contribution < 1.29 is 36.2 Å². The fourth-order valence-corrected chi connectivity index (χ4v) is 2.77. The highest BCUT2D eigenvalue weighted by atomic mass is 19.4. The zero-order valence-electron chi connectivity index (χ0n) is 16.1. The summed E-state index contributed by atoms with van der Waals surface area (Å²) < 4.78 is 79.6. The van der Waals surface area contributed by atoms with Crippen molar-refractivity contribution >= 4 is 11.6 Å². The van der Waals surface area contributed by atoms with Crippen LogP contribution in [-0.4, -0.2) is 23.7 Å². The Morgan fingerprint density at radius 2 is 1.63 bits per heavy atom. The number of carbonyl (C=O) groups is 1. The number of halogens is 6. The number of aryl methyl sites for hydroxylation is 1.